The number of nitrogens with zero attached hydrogens (tertiary/aromatic N) is 1. The molecule has 0 radical (unpaired) electrons. The molecule has 0 aliphatic heterocycles. The van der Waals surface area contributed by atoms with Crippen molar-refractivity contribution in [2.24, 2.45) is 5.92 Å². The number of hydrogen-bond donors (Lipinski definition) is 2. The zero-order valence-corrected chi connectivity index (χ0v) is 12.1. The molecule has 1 rings (SSSR count). The van der Waals surface area contributed by atoms with Crippen LogP contribution in [0.5, 0.6) is 0 Å². The number of aromatic nitrogens is 1. The lowest BCUT2D eigenvalue weighted by molar-refractivity contribution is 0.437. The maximum Gasteiger partial charge on any atom is 0.244 e. The molecule has 1 heterocycles. The Morgan fingerprint density at radius 2 is 2.06 bits per heavy atom. The lowest BCUT2D eigenvalue weighted by Gasteiger charge is -2.21. The summed E-state index contributed by atoms with van der Waals surface area (Å²) in [5.74, 6) is 0.250. The smallest absolute Gasteiger partial charge is 0.244 e. The number of hydrogen-bond acceptors (Lipinski definition) is 4. The molecular formula is C12H21N3O2S. The van der Waals surface area contributed by atoms with Gasteiger partial charge in [-0.25, -0.2) is 13.1 Å². The van der Waals surface area contributed by atoms with E-state index in [0.717, 1.165) is 6.42 Å². The van der Waals surface area contributed by atoms with E-state index in [1.807, 2.05) is 20.8 Å². The van der Waals surface area contributed by atoms with E-state index in [9.17, 15) is 8.42 Å². The minimum atomic E-state index is -3.53. The summed E-state index contributed by atoms with van der Waals surface area (Å²) in [6.45, 7) is 5.97. The Morgan fingerprint density at radius 3 is 2.56 bits per heavy atom. The summed E-state index contributed by atoms with van der Waals surface area (Å²) in [5, 5.41) is 2.86. The van der Waals surface area contributed by atoms with Gasteiger partial charge in [0, 0.05) is 25.5 Å². The van der Waals surface area contributed by atoms with E-state index in [1.165, 1.54) is 6.20 Å². The van der Waals surface area contributed by atoms with E-state index >= 15 is 0 Å². The van der Waals surface area contributed by atoms with Crippen molar-refractivity contribution in [3.05, 3.63) is 18.5 Å². The molecule has 0 aliphatic rings. The third-order valence-electron chi connectivity index (χ3n) is 2.89. The molecule has 0 aromatic carbocycles. The van der Waals surface area contributed by atoms with Crippen LogP contribution < -0.4 is 10.0 Å². The lowest BCUT2D eigenvalue weighted by atomic mass is 10.0. The minimum Gasteiger partial charge on any atom is -0.387 e. The highest BCUT2D eigenvalue weighted by Crippen LogP contribution is 2.20. The molecule has 0 aliphatic carbocycles. The number of nitrogens with one attached hydrogen (secondary N) is 2. The molecule has 1 aromatic rings. The van der Waals surface area contributed by atoms with Crippen LogP contribution in [0, 0.1) is 5.92 Å². The molecule has 6 heteroatoms. The summed E-state index contributed by atoms with van der Waals surface area (Å²) in [5.41, 5.74) is 0.552. The van der Waals surface area contributed by atoms with Gasteiger partial charge in [0.05, 0.1) is 5.69 Å². The topological polar surface area (TPSA) is 71.1 Å². The van der Waals surface area contributed by atoms with Gasteiger partial charge >= 0.3 is 0 Å². The van der Waals surface area contributed by atoms with Crippen LogP contribution >= 0.6 is 0 Å². The Kier molecular flexibility index (Phi) is 5.10. The third-order valence-corrected chi connectivity index (χ3v) is 4.41. The van der Waals surface area contributed by atoms with Crippen LogP contribution in [0.15, 0.2) is 23.4 Å². The van der Waals surface area contributed by atoms with E-state index in [0.29, 0.717) is 5.69 Å². The highest BCUT2D eigenvalue weighted by Gasteiger charge is 2.23. The van der Waals surface area contributed by atoms with Crippen molar-refractivity contribution in [1.82, 2.24) is 9.71 Å². The van der Waals surface area contributed by atoms with Gasteiger partial charge in [-0.3, -0.25) is 4.98 Å². The Morgan fingerprint density at radius 1 is 1.39 bits per heavy atom. The van der Waals surface area contributed by atoms with Gasteiger partial charge in [-0.1, -0.05) is 20.8 Å². The van der Waals surface area contributed by atoms with Crippen molar-refractivity contribution in [2.45, 2.75) is 38.1 Å². The largest absolute Gasteiger partial charge is 0.387 e. The molecule has 2 N–H and O–H groups in total. The molecule has 0 amide bonds. The lowest BCUT2D eigenvalue weighted by Crippen LogP contribution is -2.38. The predicted octanol–water partition coefficient (Wildman–Crippen LogP) is 1.84. The molecule has 1 unspecified atom stereocenters. The van der Waals surface area contributed by atoms with E-state index in [1.54, 1.807) is 19.3 Å². The van der Waals surface area contributed by atoms with Gasteiger partial charge in [0.1, 0.15) is 4.90 Å². The van der Waals surface area contributed by atoms with Crippen LogP contribution in [-0.4, -0.2) is 26.5 Å². The van der Waals surface area contributed by atoms with Gasteiger partial charge in [-0.05, 0) is 18.4 Å². The Labute approximate surface area is 109 Å². The molecule has 1 atom stereocenters. The van der Waals surface area contributed by atoms with E-state index < -0.39 is 10.0 Å². The molecule has 0 bridgehead atoms. The first kappa shape index (κ1) is 14.9. The quantitative estimate of drug-likeness (QED) is 0.828. The fourth-order valence-corrected chi connectivity index (χ4v) is 3.38. The van der Waals surface area contributed by atoms with Crippen molar-refractivity contribution >= 4 is 15.7 Å². The monoisotopic (exact) mass is 271 g/mol. The van der Waals surface area contributed by atoms with Crippen molar-refractivity contribution < 1.29 is 8.42 Å². The van der Waals surface area contributed by atoms with Crippen molar-refractivity contribution in [2.75, 3.05) is 12.4 Å². The van der Waals surface area contributed by atoms with Crippen LogP contribution in [0.2, 0.25) is 0 Å². The zero-order chi connectivity index (χ0) is 13.8. The molecule has 0 spiro atoms. The second kappa shape index (κ2) is 6.15. The number of sulfonamides is 1. The first-order valence-corrected chi connectivity index (χ1v) is 7.54. The summed E-state index contributed by atoms with van der Waals surface area (Å²) in [4.78, 5) is 4.07. The third kappa shape index (κ3) is 3.43. The number of pyridine rings is 1. The molecule has 0 fully saturated rings. The van der Waals surface area contributed by atoms with Crippen molar-refractivity contribution in [1.29, 1.82) is 0 Å². The number of anilines is 1. The van der Waals surface area contributed by atoms with Gasteiger partial charge in [-0.2, -0.15) is 0 Å². The predicted molar refractivity (Wildman–Crippen MR) is 73.0 cm³/mol. The molecule has 1 aromatic heterocycles. The molecular weight excluding hydrogens is 250 g/mol. The maximum atomic E-state index is 12.3. The summed E-state index contributed by atoms with van der Waals surface area (Å²) in [6.07, 6.45) is 3.68. The van der Waals surface area contributed by atoms with Crippen LogP contribution in [0.3, 0.4) is 0 Å². The summed E-state index contributed by atoms with van der Waals surface area (Å²) in [6, 6.07) is 1.57. The van der Waals surface area contributed by atoms with Gasteiger partial charge in [0.2, 0.25) is 10.0 Å². The molecule has 5 nitrogen and oxygen atoms in total. The summed E-state index contributed by atoms with van der Waals surface area (Å²) < 4.78 is 27.3. The molecule has 18 heavy (non-hydrogen) atoms. The van der Waals surface area contributed by atoms with Gasteiger partial charge in [0.25, 0.3) is 0 Å². The molecule has 0 saturated carbocycles. The first-order valence-electron chi connectivity index (χ1n) is 6.06. The Balaban J connectivity index is 3.06. The van der Waals surface area contributed by atoms with Crippen LogP contribution in [-0.2, 0) is 10.0 Å². The first-order chi connectivity index (χ1) is 8.42. The Hall–Kier alpha value is -1.14. The zero-order valence-electron chi connectivity index (χ0n) is 11.3. The second-order valence-corrected chi connectivity index (χ2v) is 6.18. The minimum absolute atomic E-state index is 0.0695. The van der Waals surface area contributed by atoms with Gasteiger partial charge < -0.3 is 5.32 Å². The summed E-state index contributed by atoms with van der Waals surface area (Å²) >= 11 is 0. The average Bonchev–Trinajstić information content (AvgIpc) is 2.35. The van der Waals surface area contributed by atoms with E-state index in [-0.39, 0.29) is 16.9 Å². The fraction of sp³-hybridized carbons (Fsp3) is 0.583. The van der Waals surface area contributed by atoms with Gasteiger partial charge in [0.15, 0.2) is 0 Å². The highest BCUT2D eigenvalue weighted by atomic mass is 32.2. The molecule has 102 valence electrons. The second-order valence-electron chi connectivity index (χ2n) is 4.50. The normalized spacial score (nSPS) is 13.6. The SMILES string of the molecule is CCC(NS(=O)(=O)c1cnccc1NC)C(C)C. The number of rotatable bonds is 6. The highest BCUT2D eigenvalue weighted by molar-refractivity contribution is 7.89. The van der Waals surface area contributed by atoms with Gasteiger partial charge in [-0.15, -0.1) is 0 Å². The summed E-state index contributed by atoms with van der Waals surface area (Å²) in [7, 11) is -1.85. The van der Waals surface area contributed by atoms with Crippen LogP contribution in [0.25, 0.3) is 0 Å². The van der Waals surface area contributed by atoms with E-state index in [4.69, 9.17) is 0 Å². The fourth-order valence-electron chi connectivity index (χ4n) is 1.75. The average molecular weight is 271 g/mol. The van der Waals surface area contributed by atoms with Crippen molar-refractivity contribution in [3.63, 3.8) is 0 Å². The Bertz CT molecular complexity index is 486. The van der Waals surface area contributed by atoms with Crippen LogP contribution in [0.1, 0.15) is 27.2 Å². The maximum absolute atomic E-state index is 12.3. The standard InChI is InChI=1S/C12H21N3O2S/c1-5-10(9(2)3)15-18(16,17)12-8-14-7-6-11(12)13-4/h6-10,15H,5H2,1-4H3,(H,13,14). The van der Waals surface area contributed by atoms with Crippen LogP contribution in [0.4, 0.5) is 5.69 Å². The van der Waals surface area contributed by atoms with E-state index in [2.05, 4.69) is 15.0 Å². The molecule has 0 saturated heterocycles. The van der Waals surface area contributed by atoms with Crippen molar-refractivity contribution in [3.8, 4) is 0 Å².